The van der Waals surface area contributed by atoms with Crippen molar-refractivity contribution in [3.63, 3.8) is 0 Å². The van der Waals surface area contributed by atoms with E-state index in [-0.39, 0.29) is 36.0 Å². The highest BCUT2D eigenvalue weighted by molar-refractivity contribution is 8.04. The van der Waals surface area contributed by atoms with Crippen LogP contribution in [0.2, 0.25) is 0 Å². The monoisotopic (exact) mass is 412 g/mol. The second-order valence-electron chi connectivity index (χ2n) is 6.46. The first-order valence-electron chi connectivity index (χ1n) is 8.52. The largest absolute Gasteiger partial charge is 0.477 e. The van der Waals surface area contributed by atoms with Gasteiger partial charge in [-0.1, -0.05) is 18.7 Å². The highest BCUT2D eigenvalue weighted by Crippen LogP contribution is 2.52. The Labute approximate surface area is 164 Å². The number of carboxylic acids is 1. The zero-order valence-corrected chi connectivity index (χ0v) is 16.7. The van der Waals surface area contributed by atoms with Crippen molar-refractivity contribution in [3.05, 3.63) is 21.7 Å². The van der Waals surface area contributed by atoms with Gasteiger partial charge in [-0.2, -0.15) is 0 Å². The molecule has 2 N–H and O–H groups in total. The van der Waals surface area contributed by atoms with Crippen molar-refractivity contribution in [1.29, 1.82) is 0 Å². The number of aliphatic hydroxyl groups excluding tert-OH is 1. The maximum absolute atomic E-state index is 12.3. The van der Waals surface area contributed by atoms with E-state index in [0.29, 0.717) is 21.5 Å². The highest BCUT2D eigenvalue weighted by Gasteiger charge is 2.60. The number of carbonyl (C=O) groups is 3. The first-order chi connectivity index (χ1) is 12.8. The number of ether oxygens (including phenoxy) is 1. The lowest BCUT2D eigenvalue weighted by Gasteiger charge is -2.46. The normalized spacial score (nSPS) is 25.3. The molecule has 3 heterocycles. The third-order valence-corrected chi connectivity index (χ3v) is 6.94. The van der Waals surface area contributed by atoms with Crippen LogP contribution < -0.4 is 0 Å². The molecular weight excluding hydrogens is 392 g/mol. The molecule has 0 spiro atoms. The van der Waals surface area contributed by atoms with Gasteiger partial charge < -0.3 is 19.8 Å². The predicted octanol–water partition coefficient (Wildman–Crippen LogP) is 1.49. The molecule has 1 unspecified atom stereocenters. The Morgan fingerprint density at radius 2 is 2.19 bits per heavy atom. The molecule has 146 valence electrons. The van der Waals surface area contributed by atoms with E-state index >= 15 is 0 Å². The number of hydrogen-bond acceptors (Lipinski definition) is 8. The van der Waals surface area contributed by atoms with Crippen LogP contribution in [0.25, 0.3) is 0 Å². The van der Waals surface area contributed by atoms with Crippen molar-refractivity contribution in [3.8, 4) is 0 Å². The number of nitrogens with zero attached hydrogens (tertiary/aromatic N) is 2. The second kappa shape index (κ2) is 7.61. The van der Waals surface area contributed by atoms with Crippen LogP contribution in [0, 0.1) is 11.8 Å². The van der Waals surface area contributed by atoms with Crippen LogP contribution in [-0.4, -0.2) is 56.7 Å². The summed E-state index contributed by atoms with van der Waals surface area (Å²) < 4.78 is 5.50. The molecule has 1 aromatic rings. The quantitative estimate of drug-likeness (QED) is 0.511. The van der Waals surface area contributed by atoms with E-state index in [0.717, 1.165) is 0 Å². The van der Waals surface area contributed by atoms with Gasteiger partial charge in [0.15, 0.2) is 4.34 Å². The van der Waals surface area contributed by atoms with Crippen molar-refractivity contribution in [2.24, 2.45) is 11.8 Å². The summed E-state index contributed by atoms with van der Waals surface area (Å²) in [4.78, 5) is 41.9. The van der Waals surface area contributed by atoms with Gasteiger partial charge in [0.05, 0.1) is 36.8 Å². The molecular formula is C17H20N2O6S2. The van der Waals surface area contributed by atoms with E-state index in [1.54, 1.807) is 19.2 Å². The van der Waals surface area contributed by atoms with Crippen LogP contribution >= 0.6 is 23.1 Å². The number of hydrogen-bond donors (Lipinski definition) is 2. The van der Waals surface area contributed by atoms with Crippen LogP contribution in [0.3, 0.4) is 0 Å². The Balaban J connectivity index is 1.82. The molecule has 10 heteroatoms. The number of aliphatic hydroxyl groups is 1. The Bertz CT molecular complexity index is 818. The molecule has 0 bridgehead atoms. The fourth-order valence-corrected chi connectivity index (χ4v) is 5.63. The lowest BCUT2D eigenvalue weighted by Crippen LogP contribution is -2.63. The molecule has 0 aliphatic carbocycles. The zero-order chi connectivity index (χ0) is 19.9. The molecule has 27 heavy (non-hydrogen) atoms. The highest BCUT2D eigenvalue weighted by atomic mass is 32.2. The molecule has 2 aliphatic heterocycles. The summed E-state index contributed by atoms with van der Waals surface area (Å²) in [5.41, 5.74) is 0.520. The number of aromatic nitrogens is 1. The lowest BCUT2D eigenvalue weighted by atomic mass is 9.79. The van der Waals surface area contributed by atoms with Gasteiger partial charge in [0, 0.05) is 16.2 Å². The van der Waals surface area contributed by atoms with E-state index in [9.17, 15) is 24.6 Å². The number of aliphatic carboxylic acids is 1. The molecule has 1 saturated heterocycles. The van der Waals surface area contributed by atoms with Crippen LogP contribution in [0.15, 0.2) is 20.3 Å². The molecule has 1 amide bonds. The summed E-state index contributed by atoms with van der Waals surface area (Å²) in [6.07, 6.45) is -0.778. The second-order valence-corrected chi connectivity index (χ2v) is 8.61. The summed E-state index contributed by atoms with van der Waals surface area (Å²) in [5.74, 6) is -2.72. The fraction of sp³-hybridized carbons (Fsp3) is 0.529. The molecule has 0 aromatic carbocycles. The maximum Gasteiger partial charge on any atom is 0.353 e. The van der Waals surface area contributed by atoms with Crippen LogP contribution in [0.5, 0.6) is 0 Å². The van der Waals surface area contributed by atoms with E-state index in [1.807, 2.05) is 6.92 Å². The SMILES string of the molecule is CCOC(=O)Cc1csc(SC2=C(C(=O)O)N3C(=O)[C@@H](C(C)O)[C@@H]3[C@H]2C)n1. The lowest BCUT2D eigenvalue weighted by molar-refractivity contribution is -0.163. The number of thioether (sulfide) groups is 1. The maximum atomic E-state index is 12.3. The van der Waals surface area contributed by atoms with Gasteiger partial charge in [-0.05, 0) is 13.8 Å². The van der Waals surface area contributed by atoms with Crippen LogP contribution in [0.1, 0.15) is 26.5 Å². The third-order valence-electron chi connectivity index (χ3n) is 4.67. The summed E-state index contributed by atoms with van der Waals surface area (Å²) in [6.45, 7) is 5.42. The number of fused-ring (bicyclic) bond motifs is 1. The Kier molecular flexibility index (Phi) is 5.59. The predicted molar refractivity (Wildman–Crippen MR) is 97.9 cm³/mol. The number of amides is 1. The number of carbonyl (C=O) groups excluding carboxylic acids is 2. The minimum absolute atomic E-state index is 0.0402. The molecule has 4 atom stereocenters. The molecule has 0 saturated carbocycles. The average molecular weight is 412 g/mol. The standard InChI is InChI=1S/C17H20N2O6S2/c1-4-25-10(21)5-9-6-26-17(18-9)27-14-7(2)12-11(8(3)20)15(22)19(12)13(14)16(23)24/h6-8,11-12,20H,4-5H2,1-3H3,(H,23,24)/t7-,8?,11+,12+/m1/s1. The minimum Gasteiger partial charge on any atom is -0.477 e. The van der Waals surface area contributed by atoms with Gasteiger partial charge in [-0.3, -0.25) is 9.59 Å². The van der Waals surface area contributed by atoms with Crippen molar-refractivity contribution in [2.45, 2.75) is 43.7 Å². The Morgan fingerprint density at radius 3 is 2.78 bits per heavy atom. The summed E-state index contributed by atoms with van der Waals surface area (Å²) >= 11 is 2.51. The number of thiazole rings is 1. The Morgan fingerprint density at radius 1 is 1.48 bits per heavy atom. The number of β-lactam (4-membered cyclic amide) rings is 1. The van der Waals surface area contributed by atoms with Crippen molar-refractivity contribution < 1.29 is 29.3 Å². The van der Waals surface area contributed by atoms with Gasteiger partial charge in [0.1, 0.15) is 5.70 Å². The molecule has 1 aromatic heterocycles. The molecule has 8 nitrogen and oxygen atoms in total. The summed E-state index contributed by atoms with van der Waals surface area (Å²) in [6, 6.07) is -0.356. The van der Waals surface area contributed by atoms with E-state index in [4.69, 9.17) is 4.74 Å². The van der Waals surface area contributed by atoms with E-state index in [1.165, 1.54) is 28.0 Å². The first kappa shape index (κ1) is 19.8. The zero-order valence-electron chi connectivity index (χ0n) is 15.0. The summed E-state index contributed by atoms with van der Waals surface area (Å²) in [7, 11) is 0. The van der Waals surface area contributed by atoms with Crippen LogP contribution in [-0.2, 0) is 25.5 Å². The number of esters is 1. The summed E-state index contributed by atoms with van der Waals surface area (Å²) in [5, 5.41) is 21.2. The topological polar surface area (TPSA) is 117 Å². The minimum atomic E-state index is -1.17. The molecule has 3 rings (SSSR count). The van der Waals surface area contributed by atoms with Crippen molar-refractivity contribution in [2.75, 3.05) is 6.61 Å². The van der Waals surface area contributed by atoms with Crippen molar-refractivity contribution >= 4 is 40.9 Å². The van der Waals surface area contributed by atoms with E-state index < -0.39 is 18.0 Å². The first-order valence-corrected chi connectivity index (χ1v) is 10.2. The smallest absolute Gasteiger partial charge is 0.353 e. The van der Waals surface area contributed by atoms with Gasteiger partial charge in [0.25, 0.3) is 0 Å². The molecule has 1 fully saturated rings. The van der Waals surface area contributed by atoms with Crippen molar-refractivity contribution in [1.82, 2.24) is 9.88 Å². The Hall–Kier alpha value is -1.91. The van der Waals surface area contributed by atoms with Gasteiger partial charge in [-0.25, -0.2) is 9.78 Å². The third kappa shape index (κ3) is 3.48. The number of rotatable bonds is 7. The molecule has 2 aliphatic rings. The fourth-order valence-electron chi connectivity index (χ4n) is 3.53. The van der Waals surface area contributed by atoms with E-state index in [2.05, 4.69) is 4.98 Å². The molecule has 0 radical (unpaired) electrons. The van der Waals surface area contributed by atoms with Gasteiger partial charge >= 0.3 is 11.9 Å². The van der Waals surface area contributed by atoms with Gasteiger partial charge in [-0.15, -0.1) is 11.3 Å². The number of carboxylic acid groups (broad SMARTS) is 1. The average Bonchev–Trinajstić information content (AvgIpc) is 3.10. The van der Waals surface area contributed by atoms with Gasteiger partial charge in [0.2, 0.25) is 5.91 Å². The van der Waals surface area contributed by atoms with Crippen LogP contribution in [0.4, 0.5) is 0 Å².